The van der Waals surface area contributed by atoms with Gasteiger partial charge >= 0.3 is 6.18 Å². The Labute approximate surface area is 110 Å². The lowest BCUT2D eigenvalue weighted by atomic mass is 10.1. The molecule has 2 heterocycles. The first kappa shape index (κ1) is 14.3. The molecule has 0 amide bonds. The number of rotatable bonds is 5. The summed E-state index contributed by atoms with van der Waals surface area (Å²) in [6.45, 7) is 3.68. The van der Waals surface area contributed by atoms with Crippen molar-refractivity contribution in [3.05, 3.63) is 17.5 Å². The topological polar surface area (TPSA) is 44.0 Å². The fourth-order valence-corrected chi connectivity index (χ4v) is 2.44. The van der Waals surface area contributed by atoms with Gasteiger partial charge in [0.25, 0.3) is 0 Å². The van der Waals surface area contributed by atoms with Gasteiger partial charge in [-0.1, -0.05) is 0 Å². The molecule has 2 N–H and O–H groups in total. The summed E-state index contributed by atoms with van der Waals surface area (Å²) in [5.41, 5.74) is 2.13. The maximum absolute atomic E-state index is 12.2. The lowest BCUT2D eigenvalue weighted by Gasteiger charge is -2.18. The Balaban J connectivity index is 1.67. The fourth-order valence-electron chi connectivity index (χ4n) is 2.44. The molecule has 2 rings (SSSR count). The van der Waals surface area contributed by atoms with Crippen molar-refractivity contribution in [1.82, 2.24) is 20.4 Å². The second-order valence-corrected chi connectivity index (χ2v) is 5.16. The summed E-state index contributed by atoms with van der Waals surface area (Å²) in [7, 11) is 0. The Morgan fingerprint density at radius 1 is 1.53 bits per heavy atom. The average Bonchev–Trinajstić information content (AvgIpc) is 2.87. The van der Waals surface area contributed by atoms with Crippen LogP contribution in [0, 0.1) is 12.8 Å². The van der Waals surface area contributed by atoms with Crippen LogP contribution in [0.5, 0.6) is 0 Å². The zero-order valence-electron chi connectivity index (χ0n) is 10.9. The number of nitrogens with one attached hydrogen (secondary N) is 2. The molecular weight excluding hydrogens is 257 g/mol. The number of aryl methyl sites for hydroxylation is 1. The van der Waals surface area contributed by atoms with Gasteiger partial charge in [-0.15, -0.1) is 0 Å². The number of H-pyrrole nitrogens is 1. The highest BCUT2D eigenvalue weighted by atomic mass is 19.4. The van der Waals surface area contributed by atoms with Gasteiger partial charge in [-0.25, -0.2) is 0 Å². The molecule has 1 aromatic heterocycles. The van der Waals surface area contributed by atoms with Crippen molar-refractivity contribution < 1.29 is 13.2 Å². The Morgan fingerprint density at radius 2 is 2.32 bits per heavy atom. The van der Waals surface area contributed by atoms with Crippen molar-refractivity contribution in [3.63, 3.8) is 0 Å². The van der Waals surface area contributed by atoms with E-state index in [0.717, 1.165) is 24.2 Å². The smallest absolute Gasteiger partial charge is 0.312 e. The van der Waals surface area contributed by atoms with Gasteiger partial charge in [0.2, 0.25) is 0 Å². The largest absolute Gasteiger partial charge is 0.401 e. The summed E-state index contributed by atoms with van der Waals surface area (Å²) in [6.07, 6.45) is -1.49. The highest BCUT2D eigenvalue weighted by Gasteiger charge is 2.34. The predicted molar refractivity (Wildman–Crippen MR) is 65.6 cm³/mol. The molecule has 1 saturated heterocycles. The number of aromatic amines is 1. The van der Waals surface area contributed by atoms with Gasteiger partial charge in [-0.2, -0.15) is 18.3 Å². The second kappa shape index (κ2) is 5.92. The van der Waals surface area contributed by atoms with Crippen molar-refractivity contribution in [1.29, 1.82) is 0 Å². The molecule has 1 aliphatic heterocycles. The quantitative estimate of drug-likeness (QED) is 0.860. The van der Waals surface area contributed by atoms with E-state index in [2.05, 4.69) is 15.5 Å². The SMILES string of the molecule is Cc1[nH]ncc1CNC[C@H]1CCN(CC(F)(F)F)C1. The summed E-state index contributed by atoms with van der Waals surface area (Å²) in [5, 5.41) is 10.1. The molecule has 19 heavy (non-hydrogen) atoms. The van der Waals surface area contributed by atoms with Crippen molar-refractivity contribution >= 4 is 0 Å². The first-order valence-electron chi connectivity index (χ1n) is 6.43. The molecule has 0 bridgehead atoms. The van der Waals surface area contributed by atoms with Crippen LogP contribution in [-0.4, -0.2) is 47.5 Å². The summed E-state index contributed by atoms with van der Waals surface area (Å²) < 4.78 is 36.7. The second-order valence-electron chi connectivity index (χ2n) is 5.16. The Hall–Kier alpha value is -1.08. The van der Waals surface area contributed by atoms with Crippen LogP contribution in [0.4, 0.5) is 13.2 Å². The fraction of sp³-hybridized carbons (Fsp3) is 0.750. The molecule has 0 radical (unpaired) electrons. The normalized spacial score (nSPS) is 21.2. The number of likely N-dealkylation sites (tertiary alicyclic amines) is 1. The van der Waals surface area contributed by atoms with Crippen LogP contribution < -0.4 is 5.32 Å². The molecule has 0 unspecified atom stereocenters. The van der Waals surface area contributed by atoms with Crippen LogP contribution in [-0.2, 0) is 6.54 Å². The van der Waals surface area contributed by atoms with E-state index in [1.54, 1.807) is 6.20 Å². The van der Waals surface area contributed by atoms with Crippen LogP contribution >= 0.6 is 0 Å². The third-order valence-electron chi connectivity index (χ3n) is 3.46. The number of halogens is 3. The van der Waals surface area contributed by atoms with Gasteiger partial charge in [0.05, 0.1) is 12.7 Å². The van der Waals surface area contributed by atoms with E-state index in [1.807, 2.05) is 6.92 Å². The van der Waals surface area contributed by atoms with E-state index < -0.39 is 12.7 Å². The summed E-state index contributed by atoms with van der Waals surface area (Å²) >= 11 is 0. The summed E-state index contributed by atoms with van der Waals surface area (Å²) in [6, 6.07) is 0. The highest BCUT2D eigenvalue weighted by molar-refractivity contribution is 5.13. The molecule has 1 aromatic rings. The van der Waals surface area contributed by atoms with E-state index in [1.165, 1.54) is 4.90 Å². The van der Waals surface area contributed by atoms with Crippen molar-refractivity contribution in [3.8, 4) is 0 Å². The molecule has 0 aliphatic carbocycles. The average molecular weight is 276 g/mol. The zero-order chi connectivity index (χ0) is 13.9. The predicted octanol–water partition coefficient (Wildman–Crippen LogP) is 1.69. The van der Waals surface area contributed by atoms with Crippen molar-refractivity contribution in [2.75, 3.05) is 26.2 Å². The molecule has 1 aliphatic rings. The number of hydrogen-bond donors (Lipinski definition) is 2. The maximum atomic E-state index is 12.2. The number of aromatic nitrogens is 2. The Morgan fingerprint density at radius 3 is 2.95 bits per heavy atom. The molecule has 0 aromatic carbocycles. The van der Waals surface area contributed by atoms with Crippen molar-refractivity contribution in [2.45, 2.75) is 26.1 Å². The van der Waals surface area contributed by atoms with E-state index in [-0.39, 0.29) is 0 Å². The Bertz CT molecular complexity index is 402. The van der Waals surface area contributed by atoms with Gasteiger partial charge in [0.15, 0.2) is 0 Å². The minimum atomic E-state index is -4.09. The molecular formula is C12H19F3N4. The monoisotopic (exact) mass is 276 g/mol. The first-order valence-corrected chi connectivity index (χ1v) is 6.43. The molecule has 108 valence electrons. The molecule has 4 nitrogen and oxygen atoms in total. The third-order valence-corrected chi connectivity index (χ3v) is 3.46. The van der Waals surface area contributed by atoms with Crippen LogP contribution in [0.25, 0.3) is 0 Å². The molecule has 7 heteroatoms. The van der Waals surface area contributed by atoms with E-state index in [0.29, 0.717) is 25.6 Å². The van der Waals surface area contributed by atoms with Crippen LogP contribution in [0.2, 0.25) is 0 Å². The highest BCUT2D eigenvalue weighted by Crippen LogP contribution is 2.22. The lowest BCUT2D eigenvalue weighted by molar-refractivity contribution is -0.143. The van der Waals surface area contributed by atoms with Crippen molar-refractivity contribution in [2.24, 2.45) is 5.92 Å². The molecule has 0 saturated carbocycles. The Kier molecular flexibility index (Phi) is 4.46. The number of nitrogens with zero attached hydrogens (tertiary/aromatic N) is 2. The first-order chi connectivity index (χ1) is 8.94. The molecule has 1 atom stereocenters. The van der Waals surface area contributed by atoms with Gasteiger partial charge in [-0.3, -0.25) is 10.00 Å². The van der Waals surface area contributed by atoms with Gasteiger partial charge in [0, 0.05) is 24.3 Å². The van der Waals surface area contributed by atoms with Crippen LogP contribution in [0.3, 0.4) is 0 Å². The minimum absolute atomic E-state index is 0.301. The summed E-state index contributed by atoms with van der Waals surface area (Å²) in [5.74, 6) is 0.301. The third kappa shape index (κ3) is 4.50. The van der Waals surface area contributed by atoms with E-state index >= 15 is 0 Å². The number of alkyl halides is 3. The standard InChI is InChI=1S/C12H19F3N4/c1-9-11(6-17-18-9)5-16-4-10-2-3-19(7-10)8-12(13,14)15/h6,10,16H,2-5,7-8H2,1H3,(H,17,18)/t10-/m1/s1. The minimum Gasteiger partial charge on any atom is -0.312 e. The summed E-state index contributed by atoms with van der Waals surface area (Å²) in [4.78, 5) is 1.48. The molecule has 0 spiro atoms. The zero-order valence-corrected chi connectivity index (χ0v) is 10.9. The van der Waals surface area contributed by atoms with E-state index in [9.17, 15) is 13.2 Å². The number of hydrogen-bond acceptors (Lipinski definition) is 3. The lowest BCUT2D eigenvalue weighted by Crippen LogP contribution is -2.33. The van der Waals surface area contributed by atoms with Crippen LogP contribution in [0.1, 0.15) is 17.7 Å². The van der Waals surface area contributed by atoms with Gasteiger partial charge in [0.1, 0.15) is 0 Å². The van der Waals surface area contributed by atoms with Gasteiger partial charge in [-0.05, 0) is 32.4 Å². The molecule has 1 fully saturated rings. The van der Waals surface area contributed by atoms with E-state index in [4.69, 9.17) is 0 Å². The van der Waals surface area contributed by atoms with Gasteiger partial charge < -0.3 is 5.32 Å². The maximum Gasteiger partial charge on any atom is 0.401 e. The van der Waals surface area contributed by atoms with Crippen LogP contribution in [0.15, 0.2) is 6.20 Å².